The summed E-state index contributed by atoms with van der Waals surface area (Å²) in [5.41, 5.74) is 1.04. The highest BCUT2D eigenvalue weighted by molar-refractivity contribution is 5.10. The van der Waals surface area contributed by atoms with E-state index in [0.717, 1.165) is 5.56 Å². The molecule has 0 aromatic carbocycles. The lowest BCUT2D eigenvalue weighted by Crippen LogP contribution is -2.19. The lowest BCUT2D eigenvalue weighted by atomic mass is 10.2. The van der Waals surface area contributed by atoms with Crippen LogP contribution in [0.4, 0.5) is 0 Å². The van der Waals surface area contributed by atoms with Gasteiger partial charge in [-0.2, -0.15) is 0 Å². The molecule has 3 nitrogen and oxygen atoms in total. The van der Waals surface area contributed by atoms with Gasteiger partial charge >= 0.3 is 0 Å². The molecule has 12 heavy (non-hydrogen) atoms. The van der Waals surface area contributed by atoms with E-state index in [1.807, 2.05) is 19.9 Å². The van der Waals surface area contributed by atoms with Crippen LogP contribution in [0.25, 0.3) is 0 Å². The molecule has 1 aromatic rings. The van der Waals surface area contributed by atoms with Gasteiger partial charge in [0.1, 0.15) is 6.10 Å². The monoisotopic (exact) mass is 168 g/mol. The molecular weight excluding hydrogens is 156 g/mol. The Hall–Kier alpha value is -0.800. The van der Waals surface area contributed by atoms with Crippen LogP contribution in [0.2, 0.25) is 0 Å². The summed E-state index contributed by atoms with van der Waals surface area (Å²) in [6.07, 6.45) is 3.36. The molecule has 1 saturated heterocycles. The van der Waals surface area contributed by atoms with Crippen LogP contribution < -0.4 is 0 Å². The predicted molar refractivity (Wildman–Crippen MR) is 42.6 cm³/mol. The summed E-state index contributed by atoms with van der Waals surface area (Å²) in [6.45, 7) is 4.42. The van der Waals surface area contributed by atoms with Crippen molar-refractivity contribution < 1.29 is 13.9 Å². The molecule has 2 rings (SSSR count). The molecular formula is C9H12O3. The van der Waals surface area contributed by atoms with Crippen molar-refractivity contribution >= 4 is 0 Å². The van der Waals surface area contributed by atoms with Gasteiger partial charge in [0.05, 0.1) is 19.1 Å². The number of furan rings is 1. The van der Waals surface area contributed by atoms with Gasteiger partial charge in [-0.1, -0.05) is 0 Å². The molecule has 1 unspecified atom stereocenters. The quantitative estimate of drug-likeness (QED) is 0.643. The highest BCUT2D eigenvalue weighted by atomic mass is 16.7. The summed E-state index contributed by atoms with van der Waals surface area (Å²) >= 11 is 0. The largest absolute Gasteiger partial charge is 0.472 e. The Morgan fingerprint density at radius 1 is 1.50 bits per heavy atom. The van der Waals surface area contributed by atoms with Gasteiger partial charge in [0, 0.05) is 5.56 Å². The van der Waals surface area contributed by atoms with Crippen molar-refractivity contribution in [2.75, 3.05) is 6.61 Å². The number of rotatable bonds is 1. The third-order valence-electron chi connectivity index (χ3n) is 1.92. The van der Waals surface area contributed by atoms with Crippen molar-refractivity contribution in [3.05, 3.63) is 24.2 Å². The topological polar surface area (TPSA) is 31.6 Å². The van der Waals surface area contributed by atoms with E-state index in [1.165, 1.54) is 0 Å². The van der Waals surface area contributed by atoms with E-state index in [-0.39, 0.29) is 6.10 Å². The van der Waals surface area contributed by atoms with Gasteiger partial charge in [-0.15, -0.1) is 0 Å². The molecule has 0 amide bonds. The van der Waals surface area contributed by atoms with E-state index in [9.17, 15) is 0 Å². The number of ether oxygens (including phenoxy) is 2. The molecule has 0 aliphatic carbocycles. The Labute approximate surface area is 71.3 Å². The van der Waals surface area contributed by atoms with Crippen LogP contribution in [0.15, 0.2) is 23.0 Å². The molecule has 3 heteroatoms. The second kappa shape index (κ2) is 2.61. The average molecular weight is 168 g/mol. The van der Waals surface area contributed by atoms with Gasteiger partial charge in [-0.3, -0.25) is 0 Å². The Bertz CT molecular complexity index is 251. The Kier molecular flexibility index (Phi) is 1.70. The predicted octanol–water partition coefficient (Wildman–Crippen LogP) is 2.10. The van der Waals surface area contributed by atoms with Gasteiger partial charge in [0.15, 0.2) is 5.79 Å². The second-order valence-electron chi connectivity index (χ2n) is 3.37. The third kappa shape index (κ3) is 1.38. The summed E-state index contributed by atoms with van der Waals surface area (Å²) in [6, 6.07) is 1.90. The molecule has 66 valence electrons. The Morgan fingerprint density at radius 2 is 2.33 bits per heavy atom. The van der Waals surface area contributed by atoms with Crippen molar-refractivity contribution in [1.29, 1.82) is 0 Å². The minimum atomic E-state index is -0.456. The van der Waals surface area contributed by atoms with E-state index in [2.05, 4.69) is 0 Å². The normalized spacial score (nSPS) is 27.7. The van der Waals surface area contributed by atoms with E-state index < -0.39 is 5.79 Å². The smallest absolute Gasteiger partial charge is 0.163 e. The van der Waals surface area contributed by atoms with Crippen LogP contribution in [-0.4, -0.2) is 12.4 Å². The first-order valence-electron chi connectivity index (χ1n) is 4.01. The lowest BCUT2D eigenvalue weighted by molar-refractivity contribution is -0.139. The van der Waals surface area contributed by atoms with E-state index >= 15 is 0 Å². The molecule has 1 aliphatic rings. The van der Waals surface area contributed by atoms with Gasteiger partial charge in [-0.25, -0.2) is 0 Å². The molecule has 0 radical (unpaired) electrons. The highest BCUT2D eigenvalue weighted by Gasteiger charge is 2.33. The number of hydrogen-bond donors (Lipinski definition) is 0. The minimum Gasteiger partial charge on any atom is -0.472 e. The second-order valence-corrected chi connectivity index (χ2v) is 3.37. The van der Waals surface area contributed by atoms with Crippen LogP contribution >= 0.6 is 0 Å². The summed E-state index contributed by atoms with van der Waals surface area (Å²) < 4.78 is 16.0. The van der Waals surface area contributed by atoms with Crippen molar-refractivity contribution in [2.24, 2.45) is 0 Å². The highest BCUT2D eigenvalue weighted by Crippen LogP contribution is 2.32. The zero-order chi connectivity index (χ0) is 8.60. The van der Waals surface area contributed by atoms with Crippen LogP contribution in [-0.2, 0) is 9.47 Å². The fourth-order valence-electron chi connectivity index (χ4n) is 1.31. The third-order valence-corrected chi connectivity index (χ3v) is 1.92. The molecule has 0 saturated carbocycles. The van der Waals surface area contributed by atoms with E-state index in [1.54, 1.807) is 12.5 Å². The van der Waals surface area contributed by atoms with E-state index in [4.69, 9.17) is 13.9 Å². The van der Waals surface area contributed by atoms with Gasteiger partial charge in [0.2, 0.25) is 0 Å². The zero-order valence-electron chi connectivity index (χ0n) is 7.24. The standard InChI is InChI=1S/C9H12O3/c1-9(2)11-6-8(12-9)7-3-4-10-5-7/h3-5,8H,6H2,1-2H3. The van der Waals surface area contributed by atoms with Crippen molar-refractivity contribution in [2.45, 2.75) is 25.7 Å². The molecule has 1 aliphatic heterocycles. The maximum absolute atomic E-state index is 5.61. The van der Waals surface area contributed by atoms with Crippen LogP contribution in [0.3, 0.4) is 0 Å². The average Bonchev–Trinajstić information content (AvgIpc) is 2.55. The summed E-state index contributed by atoms with van der Waals surface area (Å²) in [5, 5.41) is 0. The first kappa shape index (κ1) is 7.83. The molecule has 1 fully saturated rings. The fraction of sp³-hybridized carbons (Fsp3) is 0.556. The zero-order valence-corrected chi connectivity index (χ0v) is 7.24. The maximum atomic E-state index is 5.61. The molecule has 2 heterocycles. The van der Waals surface area contributed by atoms with Crippen molar-refractivity contribution in [3.8, 4) is 0 Å². The Morgan fingerprint density at radius 3 is 2.83 bits per heavy atom. The van der Waals surface area contributed by atoms with Gasteiger partial charge in [-0.05, 0) is 19.9 Å². The van der Waals surface area contributed by atoms with Gasteiger partial charge in [0.25, 0.3) is 0 Å². The lowest BCUT2D eigenvalue weighted by Gasteiger charge is -2.16. The van der Waals surface area contributed by atoms with Crippen LogP contribution in [0.5, 0.6) is 0 Å². The summed E-state index contributed by atoms with van der Waals surface area (Å²) in [4.78, 5) is 0. The first-order valence-corrected chi connectivity index (χ1v) is 4.01. The molecule has 0 spiro atoms. The number of hydrogen-bond acceptors (Lipinski definition) is 3. The van der Waals surface area contributed by atoms with Crippen molar-refractivity contribution in [1.82, 2.24) is 0 Å². The van der Waals surface area contributed by atoms with Crippen LogP contribution in [0, 0.1) is 0 Å². The summed E-state index contributed by atoms with van der Waals surface area (Å²) in [7, 11) is 0. The minimum absolute atomic E-state index is 0.0266. The molecule has 1 aromatic heterocycles. The molecule has 1 atom stereocenters. The fourth-order valence-corrected chi connectivity index (χ4v) is 1.31. The van der Waals surface area contributed by atoms with E-state index in [0.29, 0.717) is 6.61 Å². The van der Waals surface area contributed by atoms with Gasteiger partial charge < -0.3 is 13.9 Å². The molecule has 0 bridgehead atoms. The molecule has 0 N–H and O–H groups in total. The SMILES string of the molecule is CC1(C)OCC(c2ccoc2)O1. The Balaban J connectivity index is 2.10. The van der Waals surface area contributed by atoms with Crippen molar-refractivity contribution in [3.63, 3.8) is 0 Å². The summed E-state index contributed by atoms with van der Waals surface area (Å²) in [5.74, 6) is -0.456. The maximum Gasteiger partial charge on any atom is 0.163 e. The first-order chi connectivity index (χ1) is 5.67. The van der Waals surface area contributed by atoms with Crippen LogP contribution in [0.1, 0.15) is 25.5 Å².